The van der Waals surface area contributed by atoms with Gasteiger partial charge in [-0.2, -0.15) is 0 Å². The van der Waals surface area contributed by atoms with Crippen molar-refractivity contribution >= 4 is 0 Å². The molecule has 3 aliphatic heterocycles. The van der Waals surface area contributed by atoms with E-state index in [1.165, 1.54) is 38.5 Å². The summed E-state index contributed by atoms with van der Waals surface area (Å²) in [7, 11) is 0. The number of hydrogen-bond donors (Lipinski definition) is 1. The molecular formula is C23H39NO3. The van der Waals surface area contributed by atoms with Gasteiger partial charge in [0.2, 0.25) is 0 Å². The summed E-state index contributed by atoms with van der Waals surface area (Å²) in [5.74, 6) is 0.808. The van der Waals surface area contributed by atoms with Crippen LogP contribution in [0.4, 0.5) is 0 Å². The summed E-state index contributed by atoms with van der Waals surface area (Å²) in [6.45, 7) is 14.6. The molecule has 4 heteroatoms. The number of fused-ring (bicyclic) bond motifs is 4. The van der Waals surface area contributed by atoms with E-state index in [9.17, 15) is 0 Å². The van der Waals surface area contributed by atoms with Crippen LogP contribution >= 0.6 is 0 Å². The molecule has 0 unspecified atom stereocenters. The number of ether oxygens (including phenoxy) is 3. The van der Waals surface area contributed by atoms with Crippen molar-refractivity contribution in [3.8, 4) is 0 Å². The average Bonchev–Trinajstić information content (AvgIpc) is 3.23. The summed E-state index contributed by atoms with van der Waals surface area (Å²) >= 11 is 0. The van der Waals surface area contributed by atoms with Crippen molar-refractivity contribution in [2.75, 3.05) is 19.7 Å². The molecule has 0 radical (unpaired) electrons. The zero-order valence-corrected chi connectivity index (χ0v) is 18.0. The minimum atomic E-state index is -0.443. The van der Waals surface area contributed by atoms with Gasteiger partial charge in [-0.05, 0) is 77.2 Å². The van der Waals surface area contributed by atoms with Gasteiger partial charge >= 0.3 is 0 Å². The van der Waals surface area contributed by atoms with E-state index >= 15 is 0 Å². The summed E-state index contributed by atoms with van der Waals surface area (Å²) in [6.07, 6.45) is 8.88. The monoisotopic (exact) mass is 377 g/mol. The lowest BCUT2D eigenvalue weighted by molar-refractivity contribution is -0.358. The standard InChI is InChI=1S/C23H39NO3/c1-16-6-7-17-20(4)15-25-19(2,3)26-18(20)8-9-21(17,5)23(16)11-10-22(27-23)12-13-24-14-22/h16-18,24H,6-15H2,1-5H3/t16-,17-,18+,20+,21+,22+,23-/m1/s1. The van der Waals surface area contributed by atoms with Gasteiger partial charge in [0.15, 0.2) is 5.79 Å². The lowest BCUT2D eigenvalue weighted by Crippen LogP contribution is -2.68. The van der Waals surface area contributed by atoms with Crippen LogP contribution in [-0.2, 0) is 14.2 Å². The summed E-state index contributed by atoms with van der Waals surface area (Å²) in [5, 5.41) is 3.57. The van der Waals surface area contributed by atoms with E-state index < -0.39 is 5.79 Å². The molecule has 5 fully saturated rings. The Bertz CT molecular complexity index is 615. The number of nitrogens with one attached hydrogen (secondary N) is 1. The summed E-state index contributed by atoms with van der Waals surface area (Å²) in [5.41, 5.74) is 0.445. The van der Waals surface area contributed by atoms with Gasteiger partial charge in [0.1, 0.15) is 0 Å². The Morgan fingerprint density at radius 3 is 2.48 bits per heavy atom. The number of rotatable bonds is 0. The Morgan fingerprint density at radius 1 is 0.926 bits per heavy atom. The minimum absolute atomic E-state index is 0.0306. The third-order valence-corrected chi connectivity index (χ3v) is 9.59. The van der Waals surface area contributed by atoms with E-state index in [4.69, 9.17) is 14.2 Å². The van der Waals surface area contributed by atoms with Crippen molar-refractivity contribution in [3.63, 3.8) is 0 Å². The first-order valence-electron chi connectivity index (χ1n) is 11.4. The van der Waals surface area contributed by atoms with Crippen LogP contribution in [0.2, 0.25) is 0 Å². The first-order chi connectivity index (χ1) is 12.7. The van der Waals surface area contributed by atoms with Crippen LogP contribution in [0.15, 0.2) is 0 Å². The second kappa shape index (κ2) is 5.71. The van der Waals surface area contributed by atoms with Gasteiger partial charge in [-0.25, -0.2) is 0 Å². The predicted molar refractivity (Wildman–Crippen MR) is 106 cm³/mol. The molecule has 0 amide bonds. The lowest BCUT2D eigenvalue weighted by Gasteiger charge is -2.67. The smallest absolute Gasteiger partial charge is 0.163 e. The van der Waals surface area contributed by atoms with Gasteiger partial charge in [0.25, 0.3) is 0 Å². The highest BCUT2D eigenvalue weighted by Crippen LogP contribution is 2.69. The van der Waals surface area contributed by atoms with Crippen LogP contribution in [0.3, 0.4) is 0 Å². The summed E-state index contributed by atoms with van der Waals surface area (Å²) in [4.78, 5) is 0. The van der Waals surface area contributed by atoms with E-state index in [2.05, 4.69) is 39.9 Å². The average molecular weight is 378 g/mol. The molecule has 0 aromatic rings. The first-order valence-corrected chi connectivity index (χ1v) is 11.4. The van der Waals surface area contributed by atoms with Crippen molar-refractivity contribution < 1.29 is 14.2 Å². The third kappa shape index (κ3) is 2.42. The molecule has 0 bridgehead atoms. The summed E-state index contributed by atoms with van der Waals surface area (Å²) in [6, 6.07) is 0. The predicted octanol–water partition coefficient (Wildman–Crippen LogP) is 4.27. The van der Waals surface area contributed by atoms with Gasteiger partial charge in [-0.15, -0.1) is 0 Å². The van der Waals surface area contributed by atoms with Crippen molar-refractivity contribution in [1.29, 1.82) is 0 Å². The molecule has 0 aromatic carbocycles. The molecule has 27 heavy (non-hydrogen) atoms. The normalized spacial score (nSPS) is 57.0. The molecule has 2 aliphatic carbocycles. The Kier molecular flexibility index (Phi) is 3.99. The quantitative estimate of drug-likeness (QED) is 0.684. The van der Waals surface area contributed by atoms with Gasteiger partial charge in [-0.1, -0.05) is 20.8 Å². The van der Waals surface area contributed by atoms with Gasteiger partial charge in [0, 0.05) is 17.4 Å². The van der Waals surface area contributed by atoms with Crippen molar-refractivity contribution in [3.05, 3.63) is 0 Å². The van der Waals surface area contributed by atoms with E-state index in [1.54, 1.807) is 0 Å². The Balaban J connectivity index is 1.51. The van der Waals surface area contributed by atoms with Crippen molar-refractivity contribution in [1.82, 2.24) is 5.32 Å². The fourth-order valence-corrected chi connectivity index (χ4v) is 8.02. The highest BCUT2D eigenvalue weighted by atomic mass is 16.7. The molecule has 2 spiro atoms. The second-order valence-electron chi connectivity index (χ2n) is 11.4. The maximum atomic E-state index is 7.24. The minimum Gasteiger partial charge on any atom is -0.366 e. The van der Waals surface area contributed by atoms with Crippen LogP contribution in [0, 0.1) is 22.7 Å². The van der Waals surface area contributed by atoms with Crippen LogP contribution in [0.25, 0.3) is 0 Å². The highest BCUT2D eigenvalue weighted by Gasteiger charge is 2.70. The van der Waals surface area contributed by atoms with E-state index in [-0.39, 0.29) is 22.0 Å². The zero-order chi connectivity index (χ0) is 19.1. The van der Waals surface area contributed by atoms with Crippen molar-refractivity contribution in [2.24, 2.45) is 22.7 Å². The fourth-order valence-electron chi connectivity index (χ4n) is 8.02. The molecule has 4 nitrogen and oxygen atoms in total. The lowest BCUT2D eigenvalue weighted by atomic mass is 9.43. The third-order valence-electron chi connectivity index (χ3n) is 9.59. The van der Waals surface area contributed by atoms with Crippen LogP contribution in [-0.4, -0.2) is 42.8 Å². The van der Waals surface area contributed by atoms with Gasteiger partial charge in [-0.3, -0.25) is 0 Å². The maximum Gasteiger partial charge on any atom is 0.163 e. The molecule has 7 atom stereocenters. The number of hydrogen-bond acceptors (Lipinski definition) is 4. The Labute approximate surface area is 165 Å². The van der Waals surface area contributed by atoms with E-state index in [0.29, 0.717) is 17.9 Å². The maximum absolute atomic E-state index is 7.24. The topological polar surface area (TPSA) is 39.7 Å². The largest absolute Gasteiger partial charge is 0.366 e. The van der Waals surface area contributed by atoms with Crippen LogP contribution in [0.1, 0.15) is 79.6 Å². The van der Waals surface area contributed by atoms with Gasteiger partial charge < -0.3 is 19.5 Å². The molecule has 154 valence electrons. The molecule has 5 rings (SSSR count). The molecule has 2 saturated carbocycles. The Morgan fingerprint density at radius 2 is 1.74 bits per heavy atom. The SMILES string of the molecule is C[C@@H]1CC[C@@H]2[C@]3(C)COC(C)(C)O[C@H]3CC[C@]2(C)[C@@]12CC[C@@]1(CCNC1)O2. The van der Waals surface area contributed by atoms with Crippen LogP contribution in [0.5, 0.6) is 0 Å². The fraction of sp³-hybridized carbons (Fsp3) is 1.00. The molecule has 3 saturated heterocycles. The van der Waals surface area contributed by atoms with E-state index in [1.807, 2.05) is 0 Å². The van der Waals surface area contributed by atoms with E-state index in [0.717, 1.165) is 26.1 Å². The van der Waals surface area contributed by atoms with Gasteiger partial charge in [0.05, 0.1) is 23.9 Å². The van der Waals surface area contributed by atoms with Crippen molar-refractivity contribution in [2.45, 2.75) is 103 Å². The second-order valence-corrected chi connectivity index (χ2v) is 11.4. The molecule has 0 aromatic heterocycles. The Hall–Kier alpha value is -0.160. The summed E-state index contributed by atoms with van der Waals surface area (Å²) < 4.78 is 19.9. The van der Waals surface area contributed by atoms with Crippen LogP contribution < -0.4 is 5.32 Å². The molecule has 3 heterocycles. The molecule has 1 N–H and O–H groups in total. The first kappa shape index (κ1) is 18.8. The molecule has 5 aliphatic rings. The highest BCUT2D eigenvalue weighted by molar-refractivity contribution is 5.18. The molecular weight excluding hydrogens is 338 g/mol. The zero-order valence-electron chi connectivity index (χ0n) is 18.0.